The van der Waals surface area contributed by atoms with Crippen LogP contribution in [0.25, 0.3) is 0 Å². The summed E-state index contributed by atoms with van der Waals surface area (Å²) in [5.41, 5.74) is 7.99. The first-order valence-electron chi connectivity index (χ1n) is 4.94. The minimum Gasteiger partial charge on any atom is -0.373 e. The number of anilines is 1. The van der Waals surface area contributed by atoms with Crippen LogP contribution >= 0.6 is 11.3 Å². The van der Waals surface area contributed by atoms with Crippen LogP contribution in [-0.2, 0) is 13.1 Å². The fourth-order valence-corrected chi connectivity index (χ4v) is 1.98. The molecule has 0 saturated heterocycles. The van der Waals surface area contributed by atoms with Gasteiger partial charge < -0.3 is 11.1 Å². The third-order valence-corrected chi connectivity index (χ3v) is 3.07. The molecule has 0 atom stereocenters. The molecule has 1 aromatic heterocycles. The Labute approximate surface area is 93.7 Å². The fourth-order valence-electron chi connectivity index (χ4n) is 1.36. The van der Waals surface area contributed by atoms with Gasteiger partial charge in [0.25, 0.3) is 0 Å². The lowest BCUT2D eigenvalue weighted by Crippen LogP contribution is -1.99. The third kappa shape index (κ3) is 2.81. The molecule has 0 unspecified atom stereocenters. The predicted octanol–water partition coefficient (Wildman–Crippen LogP) is 2.82. The molecule has 0 spiro atoms. The van der Waals surface area contributed by atoms with Crippen molar-refractivity contribution < 1.29 is 0 Å². The summed E-state index contributed by atoms with van der Waals surface area (Å²) in [6.07, 6.45) is 0. The van der Waals surface area contributed by atoms with Gasteiger partial charge in [-0.25, -0.2) is 0 Å². The van der Waals surface area contributed by atoms with Crippen LogP contribution in [0.2, 0.25) is 0 Å². The van der Waals surface area contributed by atoms with Crippen molar-refractivity contribution in [3.63, 3.8) is 0 Å². The Balaban J connectivity index is 1.93. The quantitative estimate of drug-likeness (QED) is 0.828. The molecule has 3 heteroatoms. The first-order chi connectivity index (χ1) is 7.38. The summed E-state index contributed by atoms with van der Waals surface area (Å²) >= 11 is 1.72. The topological polar surface area (TPSA) is 38.0 Å². The Morgan fingerprint density at radius 1 is 1.07 bits per heavy atom. The smallest absolute Gasteiger partial charge is 0.0885 e. The lowest BCUT2D eigenvalue weighted by molar-refractivity contribution is 1.06. The van der Waals surface area contributed by atoms with E-state index < -0.39 is 0 Å². The largest absolute Gasteiger partial charge is 0.373 e. The van der Waals surface area contributed by atoms with Gasteiger partial charge in [-0.3, -0.25) is 0 Å². The minimum atomic E-state index is 0.610. The van der Waals surface area contributed by atoms with Crippen molar-refractivity contribution >= 4 is 16.3 Å². The number of hydrogen-bond donors (Lipinski definition) is 2. The van der Waals surface area contributed by atoms with Gasteiger partial charge in [-0.05, 0) is 28.6 Å². The molecular formula is C12H14N2S. The second-order valence-corrected chi connectivity index (χ2v) is 4.30. The summed E-state index contributed by atoms with van der Waals surface area (Å²) in [6.45, 7) is 1.48. The highest BCUT2D eigenvalue weighted by Crippen LogP contribution is 2.16. The van der Waals surface area contributed by atoms with Gasteiger partial charge in [0, 0.05) is 13.1 Å². The molecule has 0 aliphatic heterocycles. The molecule has 1 aromatic carbocycles. The maximum absolute atomic E-state index is 5.54. The van der Waals surface area contributed by atoms with Gasteiger partial charge in [0.05, 0.1) is 5.00 Å². The normalized spacial score (nSPS) is 10.2. The van der Waals surface area contributed by atoms with E-state index in [1.165, 1.54) is 16.1 Å². The highest BCUT2D eigenvalue weighted by atomic mass is 32.1. The van der Waals surface area contributed by atoms with Crippen molar-refractivity contribution in [1.82, 2.24) is 0 Å². The standard InChI is InChI=1S/C12H14N2S/c13-8-10-3-5-11(6-4-10)9-14-12-2-1-7-15-12/h1-7,14H,8-9,13H2. The third-order valence-electron chi connectivity index (χ3n) is 2.25. The van der Waals surface area contributed by atoms with Crippen LogP contribution in [0, 0.1) is 0 Å². The lowest BCUT2D eigenvalue weighted by Gasteiger charge is -2.04. The highest BCUT2D eigenvalue weighted by molar-refractivity contribution is 7.14. The van der Waals surface area contributed by atoms with Gasteiger partial charge in [0.15, 0.2) is 0 Å². The molecule has 78 valence electrons. The number of benzene rings is 1. The summed E-state index contributed by atoms with van der Waals surface area (Å²) in [4.78, 5) is 0. The molecule has 0 bridgehead atoms. The van der Waals surface area contributed by atoms with Crippen molar-refractivity contribution in [3.8, 4) is 0 Å². The maximum atomic E-state index is 5.54. The summed E-state index contributed by atoms with van der Waals surface area (Å²) in [5.74, 6) is 0. The van der Waals surface area contributed by atoms with E-state index in [1.807, 2.05) is 6.07 Å². The molecule has 0 amide bonds. The number of nitrogens with two attached hydrogens (primary N) is 1. The molecule has 2 nitrogen and oxygen atoms in total. The highest BCUT2D eigenvalue weighted by Gasteiger charge is 1.94. The summed E-state index contributed by atoms with van der Waals surface area (Å²) in [7, 11) is 0. The summed E-state index contributed by atoms with van der Waals surface area (Å²) in [5, 5.41) is 6.64. The molecule has 0 radical (unpaired) electrons. The van der Waals surface area contributed by atoms with Gasteiger partial charge in [-0.15, -0.1) is 11.3 Å². The minimum absolute atomic E-state index is 0.610. The van der Waals surface area contributed by atoms with E-state index in [4.69, 9.17) is 5.73 Å². The molecule has 2 aromatic rings. The maximum Gasteiger partial charge on any atom is 0.0885 e. The number of hydrogen-bond acceptors (Lipinski definition) is 3. The van der Waals surface area contributed by atoms with Gasteiger partial charge in [0.1, 0.15) is 0 Å². The number of rotatable bonds is 4. The van der Waals surface area contributed by atoms with Gasteiger partial charge >= 0.3 is 0 Å². The van der Waals surface area contributed by atoms with Gasteiger partial charge in [-0.2, -0.15) is 0 Å². The fraction of sp³-hybridized carbons (Fsp3) is 0.167. The number of thiophene rings is 1. The Bertz CT molecular complexity index is 392. The van der Waals surface area contributed by atoms with Crippen LogP contribution in [0.3, 0.4) is 0 Å². The predicted molar refractivity (Wildman–Crippen MR) is 66.0 cm³/mol. The van der Waals surface area contributed by atoms with Crippen molar-refractivity contribution in [3.05, 3.63) is 52.9 Å². The average Bonchev–Trinajstić information content (AvgIpc) is 2.80. The molecule has 0 aliphatic carbocycles. The van der Waals surface area contributed by atoms with Crippen molar-refractivity contribution in [2.24, 2.45) is 5.73 Å². The van der Waals surface area contributed by atoms with Crippen LogP contribution in [0.5, 0.6) is 0 Å². The Hall–Kier alpha value is -1.32. The lowest BCUT2D eigenvalue weighted by atomic mass is 10.1. The zero-order valence-corrected chi connectivity index (χ0v) is 9.26. The van der Waals surface area contributed by atoms with Crippen molar-refractivity contribution in [2.45, 2.75) is 13.1 Å². The second-order valence-electron chi connectivity index (χ2n) is 3.35. The summed E-state index contributed by atoms with van der Waals surface area (Å²) < 4.78 is 0. The molecule has 0 aliphatic rings. The zero-order valence-electron chi connectivity index (χ0n) is 8.44. The zero-order chi connectivity index (χ0) is 10.5. The Morgan fingerprint density at radius 2 is 1.80 bits per heavy atom. The van der Waals surface area contributed by atoms with Crippen LogP contribution in [0.15, 0.2) is 41.8 Å². The number of nitrogens with one attached hydrogen (secondary N) is 1. The van der Waals surface area contributed by atoms with Crippen LogP contribution < -0.4 is 11.1 Å². The first kappa shape index (κ1) is 10.2. The molecule has 0 saturated carbocycles. The van der Waals surface area contributed by atoms with Crippen LogP contribution in [-0.4, -0.2) is 0 Å². The van der Waals surface area contributed by atoms with Crippen LogP contribution in [0.4, 0.5) is 5.00 Å². The average molecular weight is 218 g/mol. The van der Waals surface area contributed by atoms with E-state index in [9.17, 15) is 0 Å². The molecular weight excluding hydrogens is 204 g/mol. The molecule has 15 heavy (non-hydrogen) atoms. The molecule has 3 N–H and O–H groups in total. The van der Waals surface area contributed by atoms with Gasteiger partial charge in [0.2, 0.25) is 0 Å². The van der Waals surface area contributed by atoms with Crippen LogP contribution in [0.1, 0.15) is 11.1 Å². The van der Waals surface area contributed by atoms with E-state index in [0.717, 1.165) is 6.54 Å². The van der Waals surface area contributed by atoms with Gasteiger partial charge in [-0.1, -0.05) is 24.3 Å². The second kappa shape index (κ2) is 4.96. The van der Waals surface area contributed by atoms with Crippen molar-refractivity contribution in [1.29, 1.82) is 0 Å². The van der Waals surface area contributed by atoms with E-state index >= 15 is 0 Å². The van der Waals surface area contributed by atoms with Crippen molar-refractivity contribution in [2.75, 3.05) is 5.32 Å². The van der Waals surface area contributed by atoms with E-state index in [0.29, 0.717) is 6.54 Å². The first-order valence-corrected chi connectivity index (χ1v) is 5.82. The SMILES string of the molecule is NCc1ccc(CNc2cccs2)cc1. The van der Waals surface area contributed by atoms with E-state index in [2.05, 4.69) is 41.0 Å². The molecule has 1 heterocycles. The Morgan fingerprint density at radius 3 is 2.40 bits per heavy atom. The monoisotopic (exact) mass is 218 g/mol. The van der Waals surface area contributed by atoms with E-state index in [-0.39, 0.29) is 0 Å². The Kier molecular flexibility index (Phi) is 3.37. The van der Waals surface area contributed by atoms with E-state index in [1.54, 1.807) is 11.3 Å². The summed E-state index contributed by atoms with van der Waals surface area (Å²) in [6, 6.07) is 12.5. The molecule has 0 fully saturated rings. The molecule has 2 rings (SSSR count).